The molecule has 0 aliphatic heterocycles. The quantitative estimate of drug-likeness (QED) is 0.771. The first kappa shape index (κ1) is 13.2. The van der Waals surface area contributed by atoms with Gasteiger partial charge in [0.1, 0.15) is 17.9 Å². The molecule has 0 radical (unpaired) electrons. The molecule has 1 aliphatic carbocycles. The summed E-state index contributed by atoms with van der Waals surface area (Å²) in [5, 5.41) is 4.26. The van der Waals surface area contributed by atoms with E-state index in [-0.39, 0.29) is 5.92 Å². The molecule has 0 N–H and O–H groups in total. The van der Waals surface area contributed by atoms with Crippen LogP contribution in [-0.4, -0.2) is 20.5 Å². The molecule has 0 amide bonds. The largest absolute Gasteiger partial charge is 0.299 e. The maximum atomic E-state index is 12.0. The summed E-state index contributed by atoms with van der Waals surface area (Å²) in [4.78, 5) is 16.3. The molecule has 2 rings (SSSR count). The molecule has 4 nitrogen and oxygen atoms in total. The standard InChI is InChI=1S/C14H23N3O/c1-11(2)9-17-14(15-10-16-17)8-12-6-4-3-5-7-13(12)18/h10-12H,3-9H2,1-2H3. The summed E-state index contributed by atoms with van der Waals surface area (Å²) in [5.41, 5.74) is 0. The van der Waals surface area contributed by atoms with E-state index in [2.05, 4.69) is 23.9 Å². The van der Waals surface area contributed by atoms with Crippen molar-refractivity contribution in [2.75, 3.05) is 0 Å². The Morgan fingerprint density at radius 2 is 2.22 bits per heavy atom. The number of ketones is 1. The highest BCUT2D eigenvalue weighted by Gasteiger charge is 2.23. The monoisotopic (exact) mass is 249 g/mol. The second kappa shape index (κ2) is 6.12. The number of nitrogens with zero attached hydrogens (tertiary/aromatic N) is 3. The molecule has 18 heavy (non-hydrogen) atoms. The lowest BCUT2D eigenvalue weighted by Crippen LogP contribution is -2.19. The van der Waals surface area contributed by atoms with Gasteiger partial charge in [-0.15, -0.1) is 0 Å². The van der Waals surface area contributed by atoms with Crippen LogP contribution in [0.4, 0.5) is 0 Å². The highest BCUT2D eigenvalue weighted by atomic mass is 16.1. The molecule has 1 heterocycles. The molecule has 1 unspecified atom stereocenters. The summed E-state index contributed by atoms with van der Waals surface area (Å²) >= 11 is 0. The third-order valence-electron chi connectivity index (χ3n) is 3.59. The Kier molecular flexibility index (Phi) is 4.50. The number of hydrogen-bond donors (Lipinski definition) is 0. The van der Waals surface area contributed by atoms with Crippen LogP contribution in [0.2, 0.25) is 0 Å². The third kappa shape index (κ3) is 3.40. The van der Waals surface area contributed by atoms with Crippen molar-refractivity contribution in [3.05, 3.63) is 12.2 Å². The molecule has 4 heteroatoms. The van der Waals surface area contributed by atoms with Crippen molar-refractivity contribution < 1.29 is 4.79 Å². The molecule has 1 atom stereocenters. The van der Waals surface area contributed by atoms with Crippen molar-refractivity contribution >= 4 is 5.78 Å². The van der Waals surface area contributed by atoms with Crippen molar-refractivity contribution in [2.24, 2.45) is 11.8 Å². The summed E-state index contributed by atoms with van der Waals surface area (Å²) in [6.07, 6.45) is 7.59. The average Bonchev–Trinajstić information content (AvgIpc) is 2.62. The molecule has 0 bridgehead atoms. The topological polar surface area (TPSA) is 47.8 Å². The first-order chi connectivity index (χ1) is 8.66. The predicted molar refractivity (Wildman–Crippen MR) is 70.1 cm³/mol. The fourth-order valence-electron chi connectivity index (χ4n) is 2.61. The Hall–Kier alpha value is -1.19. The minimum absolute atomic E-state index is 0.169. The number of rotatable bonds is 4. The minimum atomic E-state index is 0.169. The van der Waals surface area contributed by atoms with Crippen LogP contribution in [0.5, 0.6) is 0 Å². The van der Waals surface area contributed by atoms with Crippen molar-refractivity contribution in [3.63, 3.8) is 0 Å². The molecular weight excluding hydrogens is 226 g/mol. The Morgan fingerprint density at radius 1 is 1.39 bits per heavy atom. The second-order valence-corrected chi connectivity index (χ2v) is 5.72. The van der Waals surface area contributed by atoms with Gasteiger partial charge in [0.25, 0.3) is 0 Å². The number of Topliss-reactive ketones (excluding diaryl/α,β-unsaturated/α-hetero) is 1. The van der Waals surface area contributed by atoms with E-state index in [1.807, 2.05) is 4.68 Å². The van der Waals surface area contributed by atoms with Gasteiger partial charge < -0.3 is 0 Å². The van der Waals surface area contributed by atoms with Gasteiger partial charge >= 0.3 is 0 Å². The maximum Gasteiger partial charge on any atom is 0.138 e. The molecule has 0 aromatic carbocycles. The molecule has 1 aliphatic rings. The highest BCUT2D eigenvalue weighted by molar-refractivity contribution is 5.81. The van der Waals surface area contributed by atoms with Crippen LogP contribution in [0.25, 0.3) is 0 Å². The van der Waals surface area contributed by atoms with E-state index >= 15 is 0 Å². The summed E-state index contributed by atoms with van der Waals surface area (Å²) in [5.74, 6) is 2.12. The van der Waals surface area contributed by atoms with E-state index < -0.39 is 0 Å². The Labute approximate surface area is 109 Å². The van der Waals surface area contributed by atoms with Gasteiger partial charge in [0, 0.05) is 25.3 Å². The van der Waals surface area contributed by atoms with Crippen LogP contribution in [0.1, 0.15) is 51.8 Å². The SMILES string of the molecule is CC(C)Cn1ncnc1CC1CCCCCC1=O. The van der Waals surface area contributed by atoms with Gasteiger partial charge in [0.2, 0.25) is 0 Å². The van der Waals surface area contributed by atoms with Gasteiger partial charge in [-0.2, -0.15) is 5.10 Å². The highest BCUT2D eigenvalue weighted by Crippen LogP contribution is 2.23. The van der Waals surface area contributed by atoms with Crippen molar-refractivity contribution in [2.45, 2.75) is 58.9 Å². The van der Waals surface area contributed by atoms with Crippen LogP contribution in [0.15, 0.2) is 6.33 Å². The van der Waals surface area contributed by atoms with Crippen LogP contribution in [0, 0.1) is 11.8 Å². The van der Waals surface area contributed by atoms with Gasteiger partial charge in [0.05, 0.1) is 0 Å². The van der Waals surface area contributed by atoms with Crippen LogP contribution in [0.3, 0.4) is 0 Å². The van der Waals surface area contributed by atoms with E-state index in [1.54, 1.807) is 6.33 Å². The van der Waals surface area contributed by atoms with Gasteiger partial charge in [-0.25, -0.2) is 9.67 Å². The van der Waals surface area contributed by atoms with Crippen molar-refractivity contribution in [1.82, 2.24) is 14.8 Å². The normalized spacial score (nSPS) is 21.3. The Balaban J connectivity index is 2.03. The molecule has 100 valence electrons. The molecule has 1 saturated carbocycles. The summed E-state index contributed by atoms with van der Waals surface area (Å²) in [6.45, 7) is 5.22. The molecule has 1 aromatic rings. The van der Waals surface area contributed by atoms with Crippen LogP contribution in [-0.2, 0) is 17.8 Å². The average molecular weight is 249 g/mol. The van der Waals surface area contributed by atoms with Crippen LogP contribution >= 0.6 is 0 Å². The number of hydrogen-bond acceptors (Lipinski definition) is 3. The Morgan fingerprint density at radius 3 is 3.00 bits per heavy atom. The van der Waals surface area contributed by atoms with E-state index in [0.717, 1.165) is 38.1 Å². The van der Waals surface area contributed by atoms with Crippen LogP contribution < -0.4 is 0 Å². The molecular formula is C14H23N3O. The fraction of sp³-hybridized carbons (Fsp3) is 0.786. The lowest BCUT2D eigenvalue weighted by molar-refractivity contribution is -0.122. The molecule has 1 aromatic heterocycles. The third-order valence-corrected chi connectivity index (χ3v) is 3.59. The van der Waals surface area contributed by atoms with Crippen molar-refractivity contribution in [1.29, 1.82) is 0 Å². The molecule has 1 fully saturated rings. The smallest absolute Gasteiger partial charge is 0.138 e. The Bertz CT molecular complexity index is 397. The molecule has 0 saturated heterocycles. The zero-order chi connectivity index (χ0) is 13.0. The summed E-state index contributed by atoms with van der Waals surface area (Å²) < 4.78 is 1.96. The zero-order valence-corrected chi connectivity index (χ0v) is 11.4. The zero-order valence-electron chi connectivity index (χ0n) is 11.4. The van der Waals surface area contributed by atoms with Gasteiger partial charge in [0.15, 0.2) is 0 Å². The fourth-order valence-corrected chi connectivity index (χ4v) is 2.61. The predicted octanol–water partition coefficient (Wildman–Crippen LogP) is 2.63. The number of carbonyl (C=O) groups is 1. The second-order valence-electron chi connectivity index (χ2n) is 5.72. The van der Waals surface area contributed by atoms with E-state index in [4.69, 9.17) is 0 Å². The first-order valence-corrected chi connectivity index (χ1v) is 7.06. The van der Waals surface area contributed by atoms with E-state index in [1.165, 1.54) is 12.8 Å². The number of carbonyl (C=O) groups excluding carboxylic acids is 1. The van der Waals surface area contributed by atoms with E-state index in [9.17, 15) is 4.79 Å². The van der Waals surface area contributed by atoms with Gasteiger partial charge in [-0.3, -0.25) is 4.79 Å². The minimum Gasteiger partial charge on any atom is -0.299 e. The molecule has 0 spiro atoms. The van der Waals surface area contributed by atoms with E-state index in [0.29, 0.717) is 11.7 Å². The van der Waals surface area contributed by atoms with Gasteiger partial charge in [-0.05, 0) is 18.8 Å². The lowest BCUT2D eigenvalue weighted by Gasteiger charge is -2.14. The van der Waals surface area contributed by atoms with Crippen molar-refractivity contribution in [3.8, 4) is 0 Å². The summed E-state index contributed by atoms with van der Waals surface area (Å²) in [6, 6.07) is 0. The number of aromatic nitrogens is 3. The lowest BCUT2D eigenvalue weighted by atomic mass is 9.95. The maximum absolute atomic E-state index is 12.0. The first-order valence-electron chi connectivity index (χ1n) is 7.06. The van der Waals surface area contributed by atoms with Gasteiger partial charge in [-0.1, -0.05) is 26.7 Å². The summed E-state index contributed by atoms with van der Waals surface area (Å²) in [7, 11) is 0.